The lowest BCUT2D eigenvalue weighted by Crippen LogP contribution is -2.42. The van der Waals surface area contributed by atoms with Crippen molar-refractivity contribution < 1.29 is 4.74 Å². The van der Waals surface area contributed by atoms with Gasteiger partial charge in [-0.15, -0.1) is 0 Å². The fourth-order valence-electron chi connectivity index (χ4n) is 3.08. The molecule has 3 nitrogen and oxygen atoms in total. The number of nitrogens with one attached hydrogen (secondary N) is 1. The van der Waals surface area contributed by atoms with E-state index in [9.17, 15) is 0 Å². The Morgan fingerprint density at radius 1 is 1.05 bits per heavy atom. The van der Waals surface area contributed by atoms with Crippen LogP contribution in [0.1, 0.15) is 24.0 Å². The Morgan fingerprint density at radius 3 is 2.41 bits per heavy atom. The summed E-state index contributed by atoms with van der Waals surface area (Å²) in [5, 5.41) is 3.63. The summed E-state index contributed by atoms with van der Waals surface area (Å²) >= 11 is 3.52. The van der Waals surface area contributed by atoms with Crippen molar-refractivity contribution in [3.05, 3.63) is 64.4 Å². The molecule has 1 aromatic carbocycles. The van der Waals surface area contributed by atoms with Crippen LogP contribution in [0.15, 0.2) is 53.3 Å². The van der Waals surface area contributed by atoms with E-state index in [1.807, 2.05) is 12.4 Å². The van der Waals surface area contributed by atoms with Crippen LogP contribution in [-0.4, -0.2) is 24.7 Å². The van der Waals surface area contributed by atoms with Crippen LogP contribution in [0.25, 0.3) is 0 Å². The highest BCUT2D eigenvalue weighted by molar-refractivity contribution is 9.10. The monoisotopic (exact) mass is 360 g/mol. The van der Waals surface area contributed by atoms with E-state index in [0.29, 0.717) is 0 Å². The lowest BCUT2D eigenvalue weighted by atomic mass is 9.74. The number of rotatable bonds is 5. The first-order valence-electron chi connectivity index (χ1n) is 7.72. The van der Waals surface area contributed by atoms with Gasteiger partial charge in [0.2, 0.25) is 0 Å². The van der Waals surface area contributed by atoms with Crippen molar-refractivity contribution in [2.24, 2.45) is 0 Å². The molecule has 0 unspecified atom stereocenters. The van der Waals surface area contributed by atoms with Crippen LogP contribution in [0, 0.1) is 0 Å². The molecule has 0 spiro atoms. The van der Waals surface area contributed by atoms with Crippen LogP contribution in [0.4, 0.5) is 0 Å². The highest BCUT2D eigenvalue weighted by Gasteiger charge is 2.33. The normalized spacial score (nSPS) is 17.3. The van der Waals surface area contributed by atoms with Crippen LogP contribution in [0.3, 0.4) is 0 Å². The van der Waals surface area contributed by atoms with Gasteiger partial charge in [-0.25, -0.2) is 0 Å². The average Bonchev–Trinajstić information content (AvgIpc) is 2.57. The third kappa shape index (κ3) is 3.75. The van der Waals surface area contributed by atoms with Gasteiger partial charge < -0.3 is 10.1 Å². The molecule has 0 amide bonds. The Morgan fingerprint density at radius 2 is 1.73 bits per heavy atom. The minimum Gasteiger partial charge on any atom is -0.381 e. The molecule has 0 saturated carbocycles. The van der Waals surface area contributed by atoms with Gasteiger partial charge in [0, 0.05) is 48.6 Å². The molecule has 1 aliphatic rings. The van der Waals surface area contributed by atoms with Gasteiger partial charge in [-0.05, 0) is 48.2 Å². The molecule has 1 N–H and O–H groups in total. The number of ether oxygens (including phenoxy) is 1. The second-order valence-corrected chi connectivity index (χ2v) is 6.77. The third-order valence-corrected chi connectivity index (χ3v) is 4.98. The minimum absolute atomic E-state index is 0.173. The van der Waals surface area contributed by atoms with Gasteiger partial charge >= 0.3 is 0 Å². The van der Waals surface area contributed by atoms with Crippen LogP contribution in [0.2, 0.25) is 0 Å². The second kappa shape index (κ2) is 7.36. The molecule has 0 bridgehead atoms. The molecule has 1 aliphatic heterocycles. The number of aromatic nitrogens is 1. The zero-order valence-electron chi connectivity index (χ0n) is 12.6. The summed E-state index contributed by atoms with van der Waals surface area (Å²) in [4.78, 5) is 4.06. The zero-order valence-corrected chi connectivity index (χ0v) is 14.2. The van der Waals surface area contributed by atoms with E-state index in [1.54, 1.807) is 0 Å². The summed E-state index contributed by atoms with van der Waals surface area (Å²) in [7, 11) is 0. The van der Waals surface area contributed by atoms with Crippen molar-refractivity contribution in [2.45, 2.75) is 24.8 Å². The Hall–Kier alpha value is -1.23. The highest BCUT2D eigenvalue weighted by atomic mass is 79.9. The van der Waals surface area contributed by atoms with Crippen LogP contribution >= 0.6 is 15.9 Å². The van der Waals surface area contributed by atoms with Crippen LogP contribution < -0.4 is 5.32 Å². The number of hydrogen-bond acceptors (Lipinski definition) is 3. The zero-order chi connectivity index (χ0) is 15.3. The molecule has 0 atom stereocenters. The Kier molecular flexibility index (Phi) is 5.24. The molecule has 4 heteroatoms. The summed E-state index contributed by atoms with van der Waals surface area (Å²) in [5.74, 6) is 0. The predicted octanol–water partition coefficient (Wildman–Crippen LogP) is 3.68. The van der Waals surface area contributed by atoms with Gasteiger partial charge in [0.1, 0.15) is 0 Å². The van der Waals surface area contributed by atoms with Crippen LogP contribution in [0.5, 0.6) is 0 Å². The fourth-order valence-corrected chi connectivity index (χ4v) is 3.34. The van der Waals surface area contributed by atoms with Crippen molar-refractivity contribution >= 4 is 15.9 Å². The molecule has 1 aromatic heterocycles. The van der Waals surface area contributed by atoms with E-state index in [-0.39, 0.29) is 5.41 Å². The van der Waals surface area contributed by atoms with Gasteiger partial charge in [-0.3, -0.25) is 4.98 Å². The largest absolute Gasteiger partial charge is 0.381 e. The van der Waals surface area contributed by atoms with Crippen LogP contribution in [-0.2, 0) is 16.7 Å². The van der Waals surface area contributed by atoms with Gasteiger partial charge in [0.15, 0.2) is 0 Å². The smallest absolute Gasteiger partial charge is 0.0475 e. The third-order valence-electron chi connectivity index (χ3n) is 4.45. The SMILES string of the molecule is Brc1ccc(C2(CNCc3ccncc3)CCOCC2)cc1. The standard InChI is InChI=1S/C18H21BrN2O/c19-17-3-1-16(2-4-17)18(7-11-22-12-8-18)14-21-13-15-5-9-20-10-6-15/h1-6,9-10,21H,7-8,11-14H2. The summed E-state index contributed by atoms with van der Waals surface area (Å²) in [6, 6.07) is 12.9. The summed E-state index contributed by atoms with van der Waals surface area (Å²) in [6.07, 6.45) is 5.82. The molecule has 0 radical (unpaired) electrons. The lowest BCUT2D eigenvalue weighted by Gasteiger charge is -2.38. The summed E-state index contributed by atoms with van der Waals surface area (Å²) in [6.45, 7) is 3.53. The Bertz CT molecular complexity index is 580. The number of nitrogens with zero attached hydrogens (tertiary/aromatic N) is 1. The first-order chi connectivity index (χ1) is 10.8. The quantitative estimate of drug-likeness (QED) is 0.882. The summed E-state index contributed by atoms with van der Waals surface area (Å²) < 4.78 is 6.72. The van der Waals surface area contributed by atoms with Gasteiger partial charge in [-0.2, -0.15) is 0 Å². The number of benzene rings is 1. The van der Waals surface area contributed by atoms with E-state index in [0.717, 1.165) is 43.6 Å². The lowest BCUT2D eigenvalue weighted by molar-refractivity contribution is 0.0498. The maximum atomic E-state index is 5.59. The van der Waals surface area contributed by atoms with Crippen molar-refractivity contribution in [3.63, 3.8) is 0 Å². The molecule has 3 rings (SSSR count). The molecule has 1 fully saturated rings. The molecule has 22 heavy (non-hydrogen) atoms. The Balaban J connectivity index is 1.70. The van der Waals surface area contributed by atoms with E-state index >= 15 is 0 Å². The van der Waals surface area contributed by atoms with Crippen molar-refractivity contribution in [1.29, 1.82) is 0 Å². The van der Waals surface area contributed by atoms with Crippen molar-refractivity contribution in [2.75, 3.05) is 19.8 Å². The molecule has 2 aromatic rings. The van der Waals surface area contributed by atoms with E-state index in [4.69, 9.17) is 4.74 Å². The van der Waals surface area contributed by atoms with E-state index < -0.39 is 0 Å². The van der Waals surface area contributed by atoms with E-state index in [1.165, 1.54) is 11.1 Å². The molecule has 1 saturated heterocycles. The molecule has 116 valence electrons. The fraction of sp³-hybridized carbons (Fsp3) is 0.389. The average molecular weight is 361 g/mol. The highest BCUT2D eigenvalue weighted by Crippen LogP contribution is 2.35. The van der Waals surface area contributed by atoms with E-state index in [2.05, 4.69) is 62.6 Å². The molecular weight excluding hydrogens is 340 g/mol. The van der Waals surface area contributed by atoms with Crippen molar-refractivity contribution in [1.82, 2.24) is 10.3 Å². The summed E-state index contributed by atoms with van der Waals surface area (Å²) in [5.41, 5.74) is 2.85. The first kappa shape index (κ1) is 15.7. The van der Waals surface area contributed by atoms with Gasteiger partial charge in [-0.1, -0.05) is 28.1 Å². The number of hydrogen-bond donors (Lipinski definition) is 1. The topological polar surface area (TPSA) is 34.2 Å². The Labute approximate surface area is 140 Å². The predicted molar refractivity (Wildman–Crippen MR) is 91.8 cm³/mol. The molecule has 0 aliphatic carbocycles. The van der Waals surface area contributed by atoms with Crippen molar-refractivity contribution in [3.8, 4) is 0 Å². The maximum absolute atomic E-state index is 5.59. The number of halogens is 1. The second-order valence-electron chi connectivity index (χ2n) is 5.86. The van der Waals surface area contributed by atoms with Gasteiger partial charge in [0.05, 0.1) is 0 Å². The number of pyridine rings is 1. The minimum atomic E-state index is 0.173. The maximum Gasteiger partial charge on any atom is 0.0475 e. The molecular formula is C18H21BrN2O. The first-order valence-corrected chi connectivity index (χ1v) is 8.51. The van der Waals surface area contributed by atoms with Gasteiger partial charge in [0.25, 0.3) is 0 Å². The molecule has 2 heterocycles.